The fraction of sp³-hybridized carbons (Fsp3) is 0.438. The van der Waals surface area contributed by atoms with E-state index in [-0.39, 0.29) is 18.4 Å². The van der Waals surface area contributed by atoms with E-state index >= 15 is 0 Å². The molecule has 0 fully saturated rings. The zero-order valence-electron chi connectivity index (χ0n) is 11.9. The lowest BCUT2D eigenvalue weighted by atomic mass is 10.0. The molecule has 1 unspecified atom stereocenters. The SMILES string of the molecule is CCC(CC)C(=O)NCC(O)c1csc2ccccc12. The fourth-order valence-electron chi connectivity index (χ4n) is 2.37. The van der Waals surface area contributed by atoms with Crippen molar-refractivity contribution < 1.29 is 9.90 Å². The molecule has 0 saturated heterocycles. The number of fused-ring (bicyclic) bond motifs is 1. The molecule has 1 aromatic heterocycles. The van der Waals surface area contributed by atoms with Gasteiger partial charge in [-0.2, -0.15) is 0 Å². The van der Waals surface area contributed by atoms with Crippen molar-refractivity contribution in [2.45, 2.75) is 32.8 Å². The van der Waals surface area contributed by atoms with Gasteiger partial charge < -0.3 is 10.4 Å². The van der Waals surface area contributed by atoms with Crippen molar-refractivity contribution in [2.75, 3.05) is 6.54 Å². The van der Waals surface area contributed by atoms with Gasteiger partial charge in [0.2, 0.25) is 5.91 Å². The molecule has 2 aromatic rings. The number of carbonyl (C=O) groups is 1. The Morgan fingerprint density at radius 2 is 2.00 bits per heavy atom. The highest BCUT2D eigenvalue weighted by atomic mass is 32.1. The summed E-state index contributed by atoms with van der Waals surface area (Å²) in [5, 5.41) is 16.2. The van der Waals surface area contributed by atoms with Crippen LogP contribution in [-0.2, 0) is 4.79 Å². The number of amides is 1. The number of nitrogens with one attached hydrogen (secondary N) is 1. The Kier molecular flexibility index (Phi) is 5.15. The third-order valence-electron chi connectivity index (χ3n) is 3.70. The first-order chi connectivity index (χ1) is 9.67. The van der Waals surface area contributed by atoms with Crippen LogP contribution >= 0.6 is 11.3 Å². The van der Waals surface area contributed by atoms with Crippen molar-refractivity contribution >= 4 is 27.3 Å². The van der Waals surface area contributed by atoms with Gasteiger partial charge in [-0.1, -0.05) is 32.0 Å². The van der Waals surface area contributed by atoms with Gasteiger partial charge >= 0.3 is 0 Å². The predicted octanol–water partition coefficient (Wildman–Crippen LogP) is 3.49. The Morgan fingerprint density at radius 1 is 1.30 bits per heavy atom. The highest BCUT2D eigenvalue weighted by molar-refractivity contribution is 7.17. The van der Waals surface area contributed by atoms with Crippen LogP contribution in [0.4, 0.5) is 0 Å². The van der Waals surface area contributed by atoms with Crippen molar-refractivity contribution in [2.24, 2.45) is 5.92 Å². The monoisotopic (exact) mass is 291 g/mol. The van der Waals surface area contributed by atoms with E-state index in [9.17, 15) is 9.90 Å². The van der Waals surface area contributed by atoms with Gasteiger partial charge in [-0.25, -0.2) is 0 Å². The molecule has 0 bridgehead atoms. The molecule has 0 aliphatic rings. The summed E-state index contributed by atoms with van der Waals surface area (Å²) in [7, 11) is 0. The normalized spacial score (nSPS) is 12.8. The third kappa shape index (κ3) is 3.19. The van der Waals surface area contributed by atoms with Crippen LogP contribution < -0.4 is 5.32 Å². The zero-order valence-corrected chi connectivity index (χ0v) is 12.7. The topological polar surface area (TPSA) is 49.3 Å². The van der Waals surface area contributed by atoms with E-state index in [1.807, 2.05) is 43.5 Å². The molecule has 1 atom stereocenters. The van der Waals surface area contributed by atoms with E-state index in [0.29, 0.717) is 0 Å². The van der Waals surface area contributed by atoms with Gasteiger partial charge in [0.05, 0.1) is 6.10 Å². The molecule has 1 aromatic carbocycles. The quantitative estimate of drug-likeness (QED) is 0.856. The van der Waals surface area contributed by atoms with Gasteiger partial charge in [0.25, 0.3) is 0 Å². The number of hydrogen-bond acceptors (Lipinski definition) is 3. The second-order valence-electron chi connectivity index (χ2n) is 4.96. The number of rotatable bonds is 6. The molecule has 0 aliphatic carbocycles. The molecule has 0 saturated carbocycles. The van der Waals surface area contributed by atoms with Crippen molar-refractivity contribution in [3.63, 3.8) is 0 Å². The van der Waals surface area contributed by atoms with Crippen LogP contribution in [0, 0.1) is 5.92 Å². The van der Waals surface area contributed by atoms with E-state index in [4.69, 9.17) is 0 Å². The molecule has 4 heteroatoms. The number of aliphatic hydroxyl groups excluding tert-OH is 1. The lowest BCUT2D eigenvalue weighted by molar-refractivity contribution is -0.125. The molecular formula is C16H21NO2S. The summed E-state index contributed by atoms with van der Waals surface area (Å²) in [6, 6.07) is 8.00. The molecule has 1 heterocycles. The average molecular weight is 291 g/mol. The third-order valence-corrected chi connectivity index (χ3v) is 4.68. The number of carbonyl (C=O) groups excluding carboxylic acids is 1. The molecular weight excluding hydrogens is 270 g/mol. The highest BCUT2D eigenvalue weighted by Gasteiger charge is 2.17. The van der Waals surface area contributed by atoms with Crippen LogP contribution in [0.1, 0.15) is 38.4 Å². The van der Waals surface area contributed by atoms with E-state index in [1.54, 1.807) is 11.3 Å². The second kappa shape index (κ2) is 6.86. The number of benzene rings is 1. The maximum Gasteiger partial charge on any atom is 0.223 e. The Bertz CT molecular complexity index is 575. The number of hydrogen-bond donors (Lipinski definition) is 2. The first kappa shape index (κ1) is 15.0. The summed E-state index contributed by atoms with van der Waals surface area (Å²) >= 11 is 1.62. The summed E-state index contributed by atoms with van der Waals surface area (Å²) in [4.78, 5) is 11.9. The lowest BCUT2D eigenvalue weighted by Gasteiger charge is -2.15. The molecule has 2 N–H and O–H groups in total. The van der Waals surface area contributed by atoms with Crippen molar-refractivity contribution in [3.8, 4) is 0 Å². The Labute approximate surface area is 123 Å². The Hall–Kier alpha value is -1.39. The molecule has 0 spiro atoms. The van der Waals surface area contributed by atoms with Gasteiger partial charge in [-0.15, -0.1) is 11.3 Å². The summed E-state index contributed by atoms with van der Waals surface area (Å²) < 4.78 is 1.16. The van der Waals surface area contributed by atoms with E-state index < -0.39 is 6.10 Å². The van der Waals surface area contributed by atoms with Crippen LogP contribution in [0.25, 0.3) is 10.1 Å². The van der Waals surface area contributed by atoms with Crippen molar-refractivity contribution in [1.29, 1.82) is 0 Å². The van der Waals surface area contributed by atoms with Gasteiger partial charge in [0.15, 0.2) is 0 Å². The standard InChI is InChI=1S/C16H21NO2S/c1-3-11(4-2)16(19)17-9-14(18)13-10-20-15-8-6-5-7-12(13)15/h5-8,10-11,14,18H,3-4,9H2,1-2H3,(H,17,19). The van der Waals surface area contributed by atoms with Gasteiger partial charge in [0.1, 0.15) is 0 Å². The second-order valence-corrected chi connectivity index (χ2v) is 5.87. The lowest BCUT2D eigenvalue weighted by Crippen LogP contribution is -2.33. The fourth-order valence-corrected chi connectivity index (χ4v) is 3.38. The first-order valence-electron chi connectivity index (χ1n) is 7.09. The van der Waals surface area contributed by atoms with Crippen LogP contribution in [0.5, 0.6) is 0 Å². The minimum absolute atomic E-state index is 0.0357. The Balaban J connectivity index is 2.02. The largest absolute Gasteiger partial charge is 0.387 e. The predicted molar refractivity (Wildman–Crippen MR) is 83.9 cm³/mol. The molecule has 2 rings (SSSR count). The van der Waals surface area contributed by atoms with Crippen LogP contribution in [-0.4, -0.2) is 17.6 Å². The van der Waals surface area contributed by atoms with Crippen LogP contribution in [0.15, 0.2) is 29.6 Å². The molecule has 0 aliphatic heterocycles. The van der Waals surface area contributed by atoms with E-state index in [1.165, 1.54) is 0 Å². The van der Waals surface area contributed by atoms with Crippen molar-refractivity contribution in [3.05, 3.63) is 35.2 Å². The summed E-state index contributed by atoms with van der Waals surface area (Å²) in [5.41, 5.74) is 0.899. The van der Waals surface area contributed by atoms with E-state index in [2.05, 4.69) is 5.32 Å². The molecule has 3 nitrogen and oxygen atoms in total. The zero-order chi connectivity index (χ0) is 14.5. The molecule has 0 radical (unpaired) electrons. The molecule has 1 amide bonds. The smallest absolute Gasteiger partial charge is 0.223 e. The summed E-state index contributed by atoms with van der Waals surface area (Å²) in [6.07, 6.45) is 1.02. The summed E-state index contributed by atoms with van der Waals surface area (Å²) in [6.45, 7) is 4.29. The minimum Gasteiger partial charge on any atom is -0.387 e. The minimum atomic E-state index is -0.649. The molecule has 20 heavy (non-hydrogen) atoms. The van der Waals surface area contributed by atoms with Gasteiger partial charge in [-0.05, 0) is 29.7 Å². The first-order valence-corrected chi connectivity index (χ1v) is 7.97. The van der Waals surface area contributed by atoms with E-state index in [0.717, 1.165) is 28.5 Å². The summed E-state index contributed by atoms with van der Waals surface area (Å²) in [5.74, 6) is 0.0787. The maximum absolute atomic E-state index is 11.9. The van der Waals surface area contributed by atoms with Crippen LogP contribution in [0.2, 0.25) is 0 Å². The van der Waals surface area contributed by atoms with Gasteiger partial charge in [-0.3, -0.25) is 4.79 Å². The number of aliphatic hydroxyl groups is 1. The Morgan fingerprint density at radius 3 is 2.70 bits per heavy atom. The maximum atomic E-state index is 11.9. The van der Waals surface area contributed by atoms with Crippen LogP contribution in [0.3, 0.4) is 0 Å². The van der Waals surface area contributed by atoms with Crippen molar-refractivity contribution in [1.82, 2.24) is 5.32 Å². The average Bonchev–Trinajstić information content (AvgIpc) is 2.90. The molecule has 108 valence electrons. The highest BCUT2D eigenvalue weighted by Crippen LogP contribution is 2.29. The van der Waals surface area contributed by atoms with Gasteiger partial charge in [0, 0.05) is 22.7 Å². The number of thiophene rings is 1.